The summed E-state index contributed by atoms with van der Waals surface area (Å²) in [5, 5.41) is 1.05. The summed E-state index contributed by atoms with van der Waals surface area (Å²) in [6, 6.07) is 0. The van der Waals surface area contributed by atoms with E-state index in [0.29, 0.717) is 10.3 Å². The third-order valence-electron chi connectivity index (χ3n) is 6.52. The van der Waals surface area contributed by atoms with Gasteiger partial charge < -0.3 is 0 Å². The molecule has 0 saturated heterocycles. The van der Waals surface area contributed by atoms with Crippen LogP contribution in [-0.2, 0) is 0 Å². The first-order chi connectivity index (χ1) is 9.71. The van der Waals surface area contributed by atoms with Crippen molar-refractivity contribution in [2.45, 2.75) is 127 Å². The van der Waals surface area contributed by atoms with Gasteiger partial charge in [0.1, 0.15) is 0 Å². The minimum absolute atomic E-state index is 0.523. The summed E-state index contributed by atoms with van der Waals surface area (Å²) >= 11 is 0. The Morgan fingerprint density at radius 2 is 0.810 bits per heavy atom. The first-order valence-electron chi connectivity index (χ1n) is 9.60. The van der Waals surface area contributed by atoms with E-state index in [9.17, 15) is 0 Å². The summed E-state index contributed by atoms with van der Waals surface area (Å²) in [5.41, 5.74) is 2.13. The summed E-state index contributed by atoms with van der Waals surface area (Å²) in [5.74, 6) is 0. The molecular formula is C20H40P+. The zero-order valence-electron chi connectivity index (χ0n) is 15.7. The Morgan fingerprint density at radius 3 is 1.05 bits per heavy atom. The molecule has 1 heteroatoms. The first-order valence-corrected chi connectivity index (χ1v) is 11.5. The van der Waals surface area contributed by atoms with Crippen LogP contribution < -0.4 is 0 Å². The maximum atomic E-state index is 2.61. The SMILES string of the molecule is CC(C)(C)[P+](C1CCCCC1)(C1CCCCC1)C(C)(C)C. The summed E-state index contributed by atoms with van der Waals surface area (Å²) in [7, 11) is -1.01. The van der Waals surface area contributed by atoms with Gasteiger partial charge in [-0.1, -0.05) is 12.8 Å². The molecule has 0 atom stereocenters. The molecule has 0 amide bonds. The second-order valence-electron chi connectivity index (χ2n) is 9.70. The summed E-state index contributed by atoms with van der Waals surface area (Å²) in [4.78, 5) is 0. The number of rotatable bonds is 2. The Hall–Kier alpha value is 0.430. The van der Waals surface area contributed by atoms with Crippen LogP contribution in [0.3, 0.4) is 0 Å². The molecular weight excluding hydrogens is 271 g/mol. The van der Waals surface area contributed by atoms with Crippen molar-refractivity contribution < 1.29 is 0 Å². The average Bonchev–Trinajstić information content (AvgIpc) is 2.38. The van der Waals surface area contributed by atoms with Crippen LogP contribution in [0.4, 0.5) is 0 Å². The third kappa shape index (κ3) is 3.22. The molecule has 0 spiro atoms. The Bertz CT molecular complexity index is 285. The Kier molecular flexibility index (Phi) is 5.51. The van der Waals surface area contributed by atoms with E-state index in [-0.39, 0.29) is 0 Å². The zero-order valence-corrected chi connectivity index (χ0v) is 16.6. The minimum Gasteiger partial charge on any atom is -0.0530 e. The van der Waals surface area contributed by atoms with Gasteiger partial charge in [-0.2, -0.15) is 0 Å². The van der Waals surface area contributed by atoms with Gasteiger partial charge in [-0.15, -0.1) is 0 Å². The average molecular weight is 312 g/mol. The second-order valence-corrected chi connectivity index (χ2v) is 15.4. The van der Waals surface area contributed by atoms with E-state index in [1.807, 2.05) is 0 Å². The summed E-state index contributed by atoms with van der Waals surface area (Å²) in [6.07, 6.45) is 15.2. The van der Waals surface area contributed by atoms with Gasteiger partial charge in [-0.3, -0.25) is 0 Å². The Labute approximate surface area is 135 Å². The Balaban J connectivity index is 2.47. The second kappa shape index (κ2) is 6.51. The fraction of sp³-hybridized carbons (Fsp3) is 1.00. The lowest BCUT2D eigenvalue weighted by atomic mass is 9.99. The van der Waals surface area contributed by atoms with Crippen molar-refractivity contribution in [3.63, 3.8) is 0 Å². The number of hydrogen-bond acceptors (Lipinski definition) is 0. The fourth-order valence-electron chi connectivity index (χ4n) is 6.47. The molecule has 0 radical (unpaired) electrons. The van der Waals surface area contributed by atoms with Gasteiger partial charge in [0.15, 0.2) is 0 Å². The lowest BCUT2D eigenvalue weighted by Crippen LogP contribution is -2.47. The predicted molar refractivity (Wildman–Crippen MR) is 100 cm³/mol. The maximum absolute atomic E-state index is 2.61. The number of hydrogen-bond donors (Lipinski definition) is 0. The van der Waals surface area contributed by atoms with Crippen molar-refractivity contribution in [2.75, 3.05) is 0 Å². The van der Waals surface area contributed by atoms with Crippen molar-refractivity contribution in [3.8, 4) is 0 Å². The van der Waals surface area contributed by atoms with Gasteiger partial charge in [0.2, 0.25) is 0 Å². The molecule has 0 aromatic carbocycles. The van der Waals surface area contributed by atoms with E-state index < -0.39 is 7.26 Å². The molecule has 0 nitrogen and oxygen atoms in total. The van der Waals surface area contributed by atoms with E-state index in [1.54, 1.807) is 25.7 Å². The molecule has 0 unspecified atom stereocenters. The highest BCUT2D eigenvalue weighted by atomic mass is 31.2. The smallest absolute Gasteiger partial charge is 0.0530 e. The lowest BCUT2D eigenvalue weighted by Gasteiger charge is -2.57. The molecule has 0 aromatic rings. The Morgan fingerprint density at radius 1 is 0.524 bits per heavy atom. The third-order valence-corrected chi connectivity index (χ3v) is 14.3. The molecule has 0 aromatic heterocycles. The molecule has 2 aliphatic rings. The molecule has 2 aliphatic carbocycles. The maximum Gasteiger partial charge on any atom is 0.0726 e. The van der Waals surface area contributed by atoms with Crippen LogP contribution >= 0.6 is 7.26 Å². The van der Waals surface area contributed by atoms with Crippen molar-refractivity contribution in [3.05, 3.63) is 0 Å². The quantitative estimate of drug-likeness (QED) is 0.470. The van der Waals surface area contributed by atoms with Crippen molar-refractivity contribution in [2.24, 2.45) is 0 Å². The molecule has 21 heavy (non-hydrogen) atoms. The van der Waals surface area contributed by atoms with E-state index in [1.165, 1.54) is 38.5 Å². The van der Waals surface area contributed by atoms with Gasteiger partial charge >= 0.3 is 0 Å². The largest absolute Gasteiger partial charge is 0.0726 e. The zero-order chi connectivity index (χ0) is 15.7. The van der Waals surface area contributed by atoms with E-state index >= 15 is 0 Å². The first kappa shape index (κ1) is 17.8. The van der Waals surface area contributed by atoms with Crippen LogP contribution in [-0.4, -0.2) is 21.6 Å². The van der Waals surface area contributed by atoms with Crippen LogP contribution in [0, 0.1) is 0 Å². The van der Waals surface area contributed by atoms with E-state index in [0.717, 1.165) is 11.3 Å². The molecule has 0 heterocycles. The molecule has 2 fully saturated rings. The van der Waals surface area contributed by atoms with Crippen molar-refractivity contribution >= 4 is 7.26 Å². The highest BCUT2D eigenvalue weighted by molar-refractivity contribution is 7.80. The van der Waals surface area contributed by atoms with Crippen LogP contribution in [0.5, 0.6) is 0 Å². The van der Waals surface area contributed by atoms with E-state index in [4.69, 9.17) is 0 Å². The van der Waals surface area contributed by atoms with Crippen LogP contribution in [0.2, 0.25) is 0 Å². The fourth-order valence-corrected chi connectivity index (χ4v) is 15.8. The van der Waals surface area contributed by atoms with Gasteiger partial charge in [0.05, 0.1) is 21.6 Å². The van der Waals surface area contributed by atoms with Gasteiger partial charge in [0, 0.05) is 7.26 Å². The monoisotopic (exact) mass is 311 g/mol. The van der Waals surface area contributed by atoms with Gasteiger partial charge in [-0.25, -0.2) is 0 Å². The molecule has 0 aliphatic heterocycles. The van der Waals surface area contributed by atoms with Crippen LogP contribution in [0.15, 0.2) is 0 Å². The van der Waals surface area contributed by atoms with Gasteiger partial charge in [-0.05, 0) is 92.9 Å². The molecule has 2 saturated carbocycles. The normalized spacial score (nSPS) is 24.3. The predicted octanol–water partition coefficient (Wildman–Crippen LogP) is 7.27. The highest BCUT2D eigenvalue weighted by Gasteiger charge is 2.65. The van der Waals surface area contributed by atoms with Crippen molar-refractivity contribution in [1.82, 2.24) is 0 Å². The molecule has 0 bridgehead atoms. The standard InChI is InChI=1S/C20H40P/c1-19(2,3)21(20(4,5)6,17-13-9-7-10-14-17)18-15-11-8-12-16-18/h17-18H,7-16H2,1-6H3/q+1. The molecule has 124 valence electrons. The van der Waals surface area contributed by atoms with Crippen molar-refractivity contribution in [1.29, 1.82) is 0 Å². The molecule has 0 N–H and O–H groups in total. The minimum atomic E-state index is -1.01. The van der Waals surface area contributed by atoms with Crippen LogP contribution in [0.25, 0.3) is 0 Å². The molecule has 2 rings (SSSR count). The summed E-state index contributed by atoms with van der Waals surface area (Å²) in [6.45, 7) is 15.6. The topological polar surface area (TPSA) is 0 Å². The summed E-state index contributed by atoms with van der Waals surface area (Å²) < 4.78 is 0. The van der Waals surface area contributed by atoms with Gasteiger partial charge in [0.25, 0.3) is 0 Å². The van der Waals surface area contributed by atoms with E-state index in [2.05, 4.69) is 41.5 Å². The van der Waals surface area contributed by atoms with Crippen LogP contribution in [0.1, 0.15) is 106 Å². The highest BCUT2D eigenvalue weighted by Crippen LogP contribution is 2.85. The lowest BCUT2D eigenvalue weighted by molar-refractivity contribution is 0.453.